The van der Waals surface area contributed by atoms with E-state index in [1.165, 1.54) is 0 Å². The lowest BCUT2D eigenvalue weighted by molar-refractivity contribution is -0.139. The molecule has 1 aromatic rings. The largest absolute Gasteiger partial charge is 0.481 e. The van der Waals surface area contributed by atoms with Crippen LogP contribution in [-0.2, 0) is 14.3 Å². The van der Waals surface area contributed by atoms with Crippen LogP contribution in [0.3, 0.4) is 0 Å². The summed E-state index contributed by atoms with van der Waals surface area (Å²) in [6, 6.07) is 9.06. The molecule has 0 aromatic heterocycles. The van der Waals surface area contributed by atoms with Crippen LogP contribution in [0.1, 0.15) is 24.3 Å². The van der Waals surface area contributed by atoms with E-state index < -0.39 is 11.9 Å². The van der Waals surface area contributed by atoms with Gasteiger partial charge in [0.25, 0.3) is 0 Å². The number of carbonyl (C=O) groups excluding carboxylic acids is 1. The third kappa shape index (κ3) is 3.81. The van der Waals surface area contributed by atoms with E-state index >= 15 is 0 Å². The summed E-state index contributed by atoms with van der Waals surface area (Å²) >= 11 is 0. The van der Waals surface area contributed by atoms with Crippen molar-refractivity contribution < 1.29 is 19.4 Å². The molecule has 1 saturated heterocycles. The molecule has 1 atom stereocenters. The maximum atomic E-state index is 12.0. The molecule has 2 rings (SSSR count). The van der Waals surface area contributed by atoms with E-state index in [1.54, 1.807) is 17.0 Å². The Morgan fingerprint density at radius 2 is 1.85 bits per heavy atom. The molecule has 1 aliphatic heterocycles. The van der Waals surface area contributed by atoms with Crippen LogP contribution in [0.2, 0.25) is 0 Å². The van der Waals surface area contributed by atoms with Crippen molar-refractivity contribution in [3.05, 3.63) is 35.9 Å². The standard InChI is InChI=1S/C15H19NO4/c17-14(16-8-10-20-11-9-16)7-6-13(15(18)19)12-4-2-1-3-5-12/h1-5,13H,6-11H2,(H,18,19). The molecule has 1 amide bonds. The van der Waals surface area contributed by atoms with Gasteiger partial charge in [-0.1, -0.05) is 30.3 Å². The smallest absolute Gasteiger partial charge is 0.310 e. The average molecular weight is 277 g/mol. The van der Waals surface area contributed by atoms with E-state index in [4.69, 9.17) is 4.74 Å². The Kier molecular flexibility index (Phi) is 5.12. The number of ether oxygens (including phenoxy) is 1. The lowest BCUT2D eigenvalue weighted by atomic mass is 9.94. The molecule has 0 spiro atoms. The molecule has 1 aliphatic rings. The van der Waals surface area contributed by atoms with Gasteiger partial charge in [-0.05, 0) is 12.0 Å². The summed E-state index contributed by atoms with van der Waals surface area (Å²) in [4.78, 5) is 25.1. The van der Waals surface area contributed by atoms with Crippen molar-refractivity contribution >= 4 is 11.9 Å². The normalized spacial score (nSPS) is 16.7. The van der Waals surface area contributed by atoms with Gasteiger partial charge in [-0.2, -0.15) is 0 Å². The van der Waals surface area contributed by atoms with Gasteiger partial charge in [0, 0.05) is 19.5 Å². The molecule has 1 fully saturated rings. The SMILES string of the molecule is O=C(O)C(CCC(=O)N1CCOCC1)c1ccccc1. The zero-order chi connectivity index (χ0) is 14.4. The molecule has 0 radical (unpaired) electrons. The van der Waals surface area contributed by atoms with Crippen LogP contribution in [0.4, 0.5) is 0 Å². The number of hydrogen-bond donors (Lipinski definition) is 1. The molecule has 5 nitrogen and oxygen atoms in total. The average Bonchev–Trinajstić information content (AvgIpc) is 2.49. The minimum Gasteiger partial charge on any atom is -0.481 e. The van der Waals surface area contributed by atoms with Crippen LogP contribution in [-0.4, -0.2) is 48.2 Å². The minimum absolute atomic E-state index is 0.00970. The second-order valence-electron chi connectivity index (χ2n) is 4.83. The molecule has 1 unspecified atom stereocenters. The molecule has 20 heavy (non-hydrogen) atoms. The molecule has 1 heterocycles. The second-order valence-corrected chi connectivity index (χ2v) is 4.83. The molecule has 1 aromatic carbocycles. The number of carboxylic acid groups (broad SMARTS) is 1. The number of carbonyl (C=O) groups is 2. The third-order valence-corrected chi connectivity index (χ3v) is 3.51. The highest BCUT2D eigenvalue weighted by Gasteiger charge is 2.23. The van der Waals surface area contributed by atoms with Gasteiger partial charge in [-0.25, -0.2) is 0 Å². The van der Waals surface area contributed by atoms with Crippen molar-refractivity contribution in [2.45, 2.75) is 18.8 Å². The van der Waals surface area contributed by atoms with Gasteiger partial charge in [0.2, 0.25) is 5.91 Å². The molecular weight excluding hydrogens is 258 g/mol. The van der Waals surface area contributed by atoms with Crippen LogP contribution in [0.25, 0.3) is 0 Å². The number of aliphatic carboxylic acids is 1. The van der Waals surface area contributed by atoms with E-state index in [-0.39, 0.29) is 12.3 Å². The van der Waals surface area contributed by atoms with Crippen molar-refractivity contribution in [2.24, 2.45) is 0 Å². The fraction of sp³-hybridized carbons (Fsp3) is 0.467. The van der Waals surface area contributed by atoms with Crippen molar-refractivity contribution in [1.29, 1.82) is 0 Å². The zero-order valence-corrected chi connectivity index (χ0v) is 11.3. The van der Waals surface area contributed by atoms with Crippen LogP contribution in [0, 0.1) is 0 Å². The van der Waals surface area contributed by atoms with Gasteiger partial charge in [0.1, 0.15) is 0 Å². The molecule has 108 valence electrons. The van der Waals surface area contributed by atoms with Crippen molar-refractivity contribution in [3.63, 3.8) is 0 Å². The van der Waals surface area contributed by atoms with Crippen LogP contribution < -0.4 is 0 Å². The van der Waals surface area contributed by atoms with Gasteiger partial charge in [-0.15, -0.1) is 0 Å². The van der Waals surface area contributed by atoms with E-state index in [9.17, 15) is 14.7 Å². The lowest BCUT2D eigenvalue weighted by Gasteiger charge is -2.27. The maximum absolute atomic E-state index is 12.0. The fourth-order valence-electron chi connectivity index (χ4n) is 2.36. The summed E-state index contributed by atoms with van der Waals surface area (Å²) in [5.74, 6) is -1.50. The number of hydrogen-bond acceptors (Lipinski definition) is 3. The predicted molar refractivity (Wildman–Crippen MR) is 73.5 cm³/mol. The summed E-state index contributed by atoms with van der Waals surface area (Å²) < 4.78 is 5.20. The van der Waals surface area contributed by atoms with Gasteiger partial charge in [0.15, 0.2) is 0 Å². The Bertz CT molecular complexity index is 454. The third-order valence-electron chi connectivity index (χ3n) is 3.51. The summed E-state index contributed by atoms with van der Waals surface area (Å²) in [5.41, 5.74) is 0.745. The van der Waals surface area contributed by atoms with Crippen LogP contribution >= 0.6 is 0 Å². The summed E-state index contributed by atoms with van der Waals surface area (Å²) in [5, 5.41) is 9.31. The quantitative estimate of drug-likeness (QED) is 0.885. The Hall–Kier alpha value is -1.88. The number of benzene rings is 1. The van der Waals surface area contributed by atoms with Gasteiger partial charge >= 0.3 is 5.97 Å². The monoisotopic (exact) mass is 277 g/mol. The number of rotatable bonds is 5. The molecule has 0 aliphatic carbocycles. The molecule has 5 heteroatoms. The summed E-state index contributed by atoms with van der Waals surface area (Å²) in [7, 11) is 0. The first kappa shape index (κ1) is 14.5. The van der Waals surface area contributed by atoms with E-state index in [0.717, 1.165) is 5.56 Å². The lowest BCUT2D eigenvalue weighted by Crippen LogP contribution is -2.40. The molecule has 0 bridgehead atoms. The number of morpholine rings is 1. The van der Waals surface area contributed by atoms with Crippen LogP contribution in [0.15, 0.2) is 30.3 Å². The maximum Gasteiger partial charge on any atom is 0.310 e. The van der Waals surface area contributed by atoms with Crippen LogP contribution in [0.5, 0.6) is 0 Å². The highest BCUT2D eigenvalue weighted by molar-refractivity contribution is 5.79. The minimum atomic E-state index is -0.883. The van der Waals surface area contributed by atoms with E-state index in [1.807, 2.05) is 18.2 Å². The fourth-order valence-corrected chi connectivity index (χ4v) is 2.36. The molecular formula is C15H19NO4. The highest BCUT2D eigenvalue weighted by Crippen LogP contribution is 2.22. The Morgan fingerprint density at radius 1 is 1.20 bits per heavy atom. The van der Waals surface area contributed by atoms with Crippen molar-refractivity contribution in [2.75, 3.05) is 26.3 Å². The Balaban J connectivity index is 1.92. The predicted octanol–water partition coefficient (Wildman–Crippen LogP) is 1.49. The van der Waals surface area contributed by atoms with Crippen molar-refractivity contribution in [1.82, 2.24) is 4.90 Å². The topological polar surface area (TPSA) is 66.8 Å². The Labute approximate surface area is 118 Å². The molecule has 1 N–H and O–H groups in total. The first-order valence-electron chi connectivity index (χ1n) is 6.82. The van der Waals surface area contributed by atoms with Gasteiger partial charge < -0.3 is 14.7 Å². The summed E-state index contributed by atoms with van der Waals surface area (Å²) in [6.07, 6.45) is 0.585. The molecule has 0 saturated carbocycles. The Morgan fingerprint density at radius 3 is 2.45 bits per heavy atom. The van der Waals surface area contributed by atoms with Crippen molar-refractivity contribution in [3.8, 4) is 0 Å². The van der Waals surface area contributed by atoms with Gasteiger partial charge in [-0.3, -0.25) is 9.59 Å². The van der Waals surface area contributed by atoms with E-state index in [2.05, 4.69) is 0 Å². The highest BCUT2D eigenvalue weighted by atomic mass is 16.5. The number of carboxylic acids is 1. The first-order chi connectivity index (χ1) is 9.68. The zero-order valence-electron chi connectivity index (χ0n) is 11.3. The number of nitrogens with zero attached hydrogens (tertiary/aromatic N) is 1. The second kappa shape index (κ2) is 7.05. The number of amides is 1. The summed E-state index contributed by atoms with van der Waals surface area (Å²) in [6.45, 7) is 2.32. The van der Waals surface area contributed by atoms with Gasteiger partial charge in [0.05, 0.1) is 19.1 Å². The van der Waals surface area contributed by atoms with E-state index in [0.29, 0.717) is 32.7 Å². The first-order valence-corrected chi connectivity index (χ1v) is 6.82.